The first kappa shape index (κ1) is 9.98. The van der Waals surface area contributed by atoms with Crippen molar-refractivity contribution in [3.8, 4) is 0 Å². The molecule has 0 heterocycles. The summed E-state index contributed by atoms with van der Waals surface area (Å²) >= 11 is 0. The van der Waals surface area contributed by atoms with Crippen LogP contribution in [0.4, 0.5) is 0 Å². The lowest BCUT2D eigenvalue weighted by Crippen LogP contribution is -2.50. The van der Waals surface area contributed by atoms with Gasteiger partial charge in [0.2, 0.25) is 0 Å². The Morgan fingerprint density at radius 1 is 1.31 bits per heavy atom. The lowest BCUT2D eigenvalue weighted by atomic mass is 9.61. The van der Waals surface area contributed by atoms with Crippen molar-refractivity contribution in [2.45, 2.75) is 19.3 Å². The van der Waals surface area contributed by atoms with Gasteiger partial charge in [0.1, 0.15) is 0 Å². The molecule has 5 heteroatoms. The molecule has 0 amide bonds. The van der Waals surface area contributed by atoms with Crippen LogP contribution in [0.15, 0.2) is 0 Å². The Balaban J connectivity index is 2.59. The second kappa shape index (κ2) is 3.33. The molecule has 0 aromatic carbocycles. The third-order valence-corrected chi connectivity index (χ3v) is 2.67. The maximum absolute atomic E-state index is 10.7. The number of hydrogen-bond donors (Lipinski definition) is 3. The lowest BCUT2D eigenvalue weighted by molar-refractivity contribution is -0.175. The molecule has 1 aliphatic rings. The number of hydrogen-bond acceptors (Lipinski definition) is 3. The molecule has 1 saturated carbocycles. The summed E-state index contributed by atoms with van der Waals surface area (Å²) in [7, 11) is 0. The van der Waals surface area contributed by atoms with Crippen molar-refractivity contribution in [1.82, 2.24) is 0 Å². The highest BCUT2D eigenvalue weighted by Gasteiger charge is 2.56. The smallest absolute Gasteiger partial charge is 0.321 e. The second-order valence-corrected chi connectivity index (χ2v) is 3.54. The van der Waals surface area contributed by atoms with Crippen LogP contribution in [0, 0.1) is 11.3 Å². The van der Waals surface area contributed by atoms with E-state index >= 15 is 0 Å². The Bertz CT molecular complexity index is 216. The number of rotatable bonds is 4. The zero-order valence-corrected chi connectivity index (χ0v) is 7.19. The van der Waals surface area contributed by atoms with E-state index in [0.717, 1.165) is 0 Å². The molecular weight excluding hydrogens is 174 g/mol. The second-order valence-electron chi connectivity index (χ2n) is 3.54. The van der Waals surface area contributed by atoms with E-state index in [1.807, 2.05) is 0 Å². The molecule has 0 aliphatic heterocycles. The third-order valence-electron chi connectivity index (χ3n) is 2.67. The average Bonchev–Trinajstić information content (AvgIpc) is 1.93. The van der Waals surface area contributed by atoms with Gasteiger partial charge in [-0.2, -0.15) is 0 Å². The predicted molar refractivity (Wildman–Crippen MR) is 44.1 cm³/mol. The molecule has 0 unspecified atom stereocenters. The number of carboxylic acids is 2. The molecular formula is C8H13NO4. The van der Waals surface area contributed by atoms with Crippen LogP contribution in [0.5, 0.6) is 0 Å². The van der Waals surface area contributed by atoms with E-state index in [1.165, 1.54) is 0 Å². The normalized spacial score (nSPS) is 20.7. The summed E-state index contributed by atoms with van der Waals surface area (Å²) < 4.78 is 0. The highest BCUT2D eigenvalue weighted by molar-refractivity contribution is 5.99. The van der Waals surface area contributed by atoms with Gasteiger partial charge in [-0.15, -0.1) is 0 Å². The van der Waals surface area contributed by atoms with Gasteiger partial charge in [-0.1, -0.05) is 0 Å². The molecule has 0 aromatic heterocycles. The molecule has 0 radical (unpaired) electrons. The van der Waals surface area contributed by atoms with Gasteiger partial charge < -0.3 is 15.9 Å². The number of carboxylic acid groups (broad SMARTS) is 2. The molecule has 0 saturated heterocycles. The quantitative estimate of drug-likeness (QED) is 0.533. The Labute approximate surface area is 75.5 Å². The Morgan fingerprint density at radius 3 is 2.08 bits per heavy atom. The Hall–Kier alpha value is -1.10. The molecule has 0 spiro atoms. The SMILES string of the molecule is NCCC1CC(C(=O)O)(C(=O)O)C1. The molecule has 5 nitrogen and oxygen atoms in total. The van der Waals surface area contributed by atoms with E-state index in [1.54, 1.807) is 0 Å². The van der Waals surface area contributed by atoms with E-state index in [0.29, 0.717) is 13.0 Å². The van der Waals surface area contributed by atoms with Crippen LogP contribution in [-0.4, -0.2) is 28.7 Å². The fraction of sp³-hybridized carbons (Fsp3) is 0.750. The van der Waals surface area contributed by atoms with Crippen molar-refractivity contribution in [3.63, 3.8) is 0 Å². The summed E-state index contributed by atoms with van der Waals surface area (Å²) in [6.07, 6.45) is 1.14. The first-order valence-electron chi connectivity index (χ1n) is 4.20. The monoisotopic (exact) mass is 187 g/mol. The van der Waals surface area contributed by atoms with Gasteiger partial charge in [-0.05, 0) is 31.7 Å². The van der Waals surface area contributed by atoms with Crippen LogP contribution in [-0.2, 0) is 9.59 Å². The van der Waals surface area contributed by atoms with Crippen LogP contribution in [0.1, 0.15) is 19.3 Å². The van der Waals surface area contributed by atoms with Crippen molar-refractivity contribution in [3.05, 3.63) is 0 Å². The first-order chi connectivity index (χ1) is 6.03. The largest absolute Gasteiger partial charge is 0.480 e. The molecule has 74 valence electrons. The van der Waals surface area contributed by atoms with Crippen molar-refractivity contribution in [2.75, 3.05) is 6.54 Å². The molecule has 1 rings (SSSR count). The summed E-state index contributed by atoms with van der Waals surface area (Å²) in [6, 6.07) is 0. The van der Waals surface area contributed by atoms with Crippen LogP contribution in [0.25, 0.3) is 0 Å². The standard InChI is InChI=1S/C8H13NO4/c9-2-1-5-3-8(4-5,6(10)11)7(12)13/h5H,1-4,9H2,(H,10,11)(H,12,13). The summed E-state index contributed by atoms with van der Waals surface area (Å²) in [6.45, 7) is 0.486. The highest BCUT2D eigenvalue weighted by atomic mass is 16.4. The maximum atomic E-state index is 10.7. The molecule has 4 N–H and O–H groups in total. The topological polar surface area (TPSA) is 101 Å². The van der Waals surface area contributed by atoms with Crippen molar-refractivity contribution in [1.29, 1.82) is 0 Å². The Morgan fingerprint density at radius 2 is 1.77 bits per heavy atom. The highest BCUT2D eigenvalue weighted by Crippen LogP contribution is 2.47. The van der Waals surface area contributed by atoms with E-state index in [-0.39, 0.29) is 18.8 Å². The minimum atomic E-state index is -1.53. The lowest BCUT2D eigenvalue weighted by Gasteiger charge is -2.40. The summed E-state index contributed by atoms with van der Waals surface area (Å²) in [5.74, 6) is -2.29. The fourth-order valence-corrected chi connectivity index (χ4v) is 1.81. The summed E-state index contributed by atoms with van der Waals surface area (Å²) in [4.78, 5) is 21.4. The Kier molecular flexibility index (Phi) is 2.56. The van der Waals surface area contributed by atoms with Gasteiger partial charge in [0.15, 0.2) is 5.41 Å². The van der Waals surface area contributed by atoms with Crippen LogP contribution >= 0.6 is 0 Å². The molecule has 0 atom stereocenters. The molecule has 1 aliphatic carbocycles. The third kappa shape index (κ3) is 1.51. The fourth-order valence-electron chi connectivity index (χ4n) is 1.81. The minimum absolute atomic E-state index is 0.164. The van der Waals surface area contributed by atoms with Crippen molar-refractivity contribution in [2.24, 2.45) is 17.1 Å². The van der Waals surface area contributed by atoms with E-state index in [9.17, 15) is 9.59 Å². The van der Waals surface area contributed by atoms with Crippen LogP contribution < -0.4 is 5.73 Å². The van der Waals surface area contributed by atoms with Crippen LogP contribution in [0.3, 0.4) is 0 Å². The van der Waals surface area contributed by atoms with Crippen molar-refractivity contribution >= 4 is 11.9 Å². The first-order valence-corrected chi connectivity index (χ1v) is 4.20. The molecule has 1 fully saturated rings. The van der Waals surface area contributed by atoms with Crippen LogP contribution in [0.2, 0.25) is 0 Å². The van der Waals surface area contributed by atoms with Gasteiger partial charge >= 0.3 is 11.9 Å². The van der Waals surface area contributed by atoms with Gasteiger partial charge in [-0.3, -0.25) is 9.59 Å². The van der Waals surface area contributed by atoms with E-state index in [2.05, 4.69) is 0 Å². The summed E-state index contributed by atoms with van der Waals surface area (Å²) in [5.41, 5.74) is 3.76. The average molecular weight is 187 g/mol. The molecule has 0 bridgehead atoms. The molecule has 13 heavy (non-hydrogen) atoms. The van der Waals surface area contributed by atoms with E-state index in [4.69, 9.17) is 15.9 Å². The molecule has 0 aromatic rings. The minimum Gasteiger partial charge on any atom is -0.480 e. The summed E-state index contributed by atoms with van der Waals surface area (Å²) in [5, 5.41) is 17.5. The zero-order chi connectivity index (χ0) is 10.1. The van der Waals surface area contributed by atoms with Gasteiger partial charge in [0.25, 0.3) is 0 Å². The van der Waals surface area contributed by atoms with Gasteiger partial charge in [-0.25, -0.2) is 0 Å². The van der Waals surface area contributed by atoms with E-state index < -0.39 is 17.4 Å². The number of carbonyl (C=O) groups is 2. The van der Waals surface area contributed by atoms with Crippen molar-refractivity contribution < 1.29 is 19.8 Å². The number of aliphatic carboxylic acids is 2. The van der Waals surface area contributed by atoms with Gasteiger partial charge in [0.05, 0.1) is 0 Å². The maximum Gasteiger partial charge on any atom is 0.321 e. The predicted octanol–water partition coefficient (Wildman–Crippen LogP) is -0.0992. The number of nitrogens with two attached hydrogens (primary N) is 1. The van der Waals surface area contributed by atoms with Gasteiger partial charge in [0, 0.05) is 0 Å². The zero-order valence-electron chi connectivity index (χ0n) is 7.19.